The molecule has 0 aliphatic rings. The zero-order chi connectivity index (χ0) is 14.8. The van der Waals surface area contributed by atoms with E-state index in [2.05, 4.69) is 0 Å². The SMILES string of the molecule is CCc1c2c(=O)n(O)c(=O)c2cc2c(=O)n(O)c(=O)c12. The molecule has 0 radical (unpaired) electrons. The van der Waals surface area contributed by atoms with Gasteiger partial charge < -0.3 is 10.4 Å². The van der Waals surface area contributed by atoms with Gasteiger partial charge >= 0.3 is 0 Å². The Morgan fingerprint density at radius 3 is 1.60 bits per heavy atom. The summed E-state index contributed by atoms with van der Waals surface area (Å²) >= 11 is 0. The van der Waals surface area contributed by atoms with Gasteiger partial charge in [0.05, 0.1) is 21.5 Å². The Morgan fingerprint density at radius 1 is 0.850 bits per heavy atom. The van der Waals surface area contributed by atoms with Crippen LogP contribution in [0, 0.1) is 0 Å². The Balaban J connectivity index is 2.85. The molecule has 8 nitrogen and oxygen atoms in total. The van der Waals surface area contributed by atoms with Crippen LogP contribution in [-0.4, -0.2) is 19.9 Å². The van der Waals surface area contributed by atoms with E-state index in [4.69, 9.17) is 0 Å². The minimum atomic E-state index is -0.959. The molecular formula is C12H8N2O6. The number of rotatable bonds is 1. The van der Waals surface area contributed by atoms with Gasteiger partial charge in [-0.25, -0.2) is 0 Å². The fraction of sp³-hybridized carbons (Fsp3) is 0.167. The van der Waals surface area contributed by atoms with Crippen LogP contribution in [0.4, 0.5) is 0 Å². The summed E-state index contributed by atoms with van der Waals surface area (Å²) in [6.07, 6.45) is 0.186. The summed E-state index contributed by atoms with van der Waals surface area (Å²) in [7, 11) is 0. The average molecular weight is 276 g/mol. The molecule has 0 amide bonds. The lowest BCUT2D eigenvalue weighted by Crippen LogP contribution is -2.23. The number of aryl methyl sites for hydroxylation is 1. The Hall–Kier alpha value is -2.90. The van der Waals surface area contributed by atoms with Crippen molar-refractivity contribution in [3.05, 3.63) is 53.0 Å². The maximum absolute atomic E-state index is 11.8. The predicted octanol–water partition coefficient (Wildman–Crippen LogP) is -1.05. The first-order chi connectivity index (χ1) is 9.40. The van der Waals surface area contributed by atoms with Gasteiger partial charge in [0, 0.05) is 0 Å². The fourth-order valence-electron chi connectivity index (χ4n) is 2.54. The van der Waals surface area contributed by atoms with Gasteiger partial charge in [-0.15, -0.1) is 9.46 Å². The highest BCUT2D eigenvalue weighted by molar-refractivity contribution is 6.01. The van der Waals surface area contributed by atoms with Crippen LogP contribution in [0.5, 0.6) is 0 Å². The van der Waals surface area contributed by atoms with E-state index < -0.39 is 22.2 Å². The molecule has 3 aromatic rings. The van der Waals surface area contributed by atoms with Gasteiger partial charge in [0.2, 0.25) is 0 Å². The van der Waals surface area contributed by atoms with Crippen molar-refractivity contribution in [2.75, 3.05) is 0 Å². The molecular weight excluding hydrogens is 268 g/mol. The van der Waals surface area contributed by atoms with Crippen LogP contribution in [0.1, 0.15) is 12.5 Å². The number of hydrogen-bond donors (Lipinski definition) is 2. The minimum Gasteiger partial charge on any atom is -0.422 e. The van der Waals surface area contributed by atoms with Crippen LogP contribution >= 0.6 is 0 Å². The van der Waals surface area contributed by atoms with Crippen LogP contribution < -0.4 is 22.2 Å². The van der Waals surface area contributed by atoms with E-state index in [1.54, 1.807) is 6.92 Å². The van der Waals surface area contributed by atoms with Crippen molar-refractivity contribution in [3.63, 3.8) is 0 Å². The van der Waals surface area contributed by atoms with Gasteiger partial charge in [-0.1, -0.05) is 6.92 Å². The lowest BCUT2D eigenvalue weighted by Gasteiger charge is -1.98. The summed E-state index contributed by atoms with van der Waals surface area (Å²) in [5.41, 5.74) is -3.64. The van der Waals surface area contributed by atoms with E-state index in [9.17, 15) is 29.6 Å². The van der Waals surface area contributed by atoms with Gasteiger partial charge in [-0.05, 0) is 18.1 Å². The van der Waals surface area contributed by atoms with Crippen LogP contribution in [0.25, 0.3) is 21.5 Å². The van der Waals surface area contributed by atoms with Gasteiger partial charge in [-0.3, -0.25) is 19.2 Å². The normalized spacial score (nSPS) is 11.7. The largest absolute Gasteiger partial charge is 0.422 e. The molecule has 0 aliphatic carbocycles. The third-order valence-electron chi connectivity index (χ3n) is 3.44. The number of nitrogens with zero attached hydrogens (tertiary/aromatic N) is 2. The molecule has 0 saturated carbocycles. The van der Waals surface area contributed by atoms with Crippen LogP contribution in [-0.2, 0) is 6.42 Å². The van der Waals surface area contributed by atoms with Crippen LogP contribution in [0.2, 0.25) is 0 Å². The molecule has 2 N–H and O–H groups in total. The number of benzene rings is 1. The molecule has 20 heavy (non-hydrogen) atoms. The summed E-state index contributed by atoms with van der Waals surface area (Å²) in [4.78, 5) is 47.1. The van der Waals surface area contributed by atoms with E-state index in [-0.39, 0.29) is 43.0 Å². The third-order valence-corrected chi connectivity index (χ3v) is 3.44. The van der Waals surface area contributed by atoms with Crippen molar-refractivity contribution in [2.24, 2.45) is 0 Å². The molecule has 102 valence electrons. The molecule has 8 heteroatoms. The van der Waals surface area contributed by atoms with Gasteiger partial charge in [-0.2, -0.15) is 0 Å². The van der Waals surface area contributed by atoms with Crippen molar-refractivity contribution in [2.45, 2.75) is 13.3 Å². The Bertz CT molecular complexity index is 995. The molecule has 3 rings (SSSR count). The molecule has 0 unspecified atom stereocenters. The zero-order valence-electron chi connectivity index (χ0n) is 10.2. The minimum absolute atomic E-state index is 0.0509. The molecule has 2 aromatic heterocycles. The monoisotopic (exact) mass is 276 g/mol. The van der Waals surface area contributed by atoms with E-state index in [0.717, 1.165) is 6.07 Å². The van der Waals surface area contributed by atoms with Crippen molar-refractivity contribution < 1.29 is 10.4 Å². The number of fused-ring (bicyclic) bond motifs is 2. The molecule has 0 spiro atoms. The smallest absolute Gasteiger partial charge is 0.294 e. The molecule has 0 fully saturated rings. The first-order valence-corrected chi connectivity index (χ1v) is 5.75. The van der Waals surface area contributed by atoms with Gasteiger partial charge in [0.25, 0.3) is 22.2 Å². The van der Waals surface area contributed by atoms with Crippen molar-refractivity contribution in [1.82, 2.24) is 9.46 Å². The topological polar surface area (TPSA) is 119 Å². The highest BCUT2D eigenvalue weighted by atomic mass is 16.5. The Kier molecular flexibility index (Phi) is 2.16. The predicted molar refractivity (Wildman–Crippen MR) is 68.6 cm³/mol. The highest BCUT2D eigenvalue weighted by Crippen LogP contribution is 2.21. The molecule has 0 atom stereocenters. The van der Waals surface area contributed by atoms with Crippen molar-refractivity contribution in [1.29, 1.82) is 0 Å². The van der Waals surface area contributed by atoms with Crippen LogP contribution in [0.3, 0.4) is 0 Å². The molecule has 0 bridgehead atoms. The van der Waals surface area contributed by atoms with E-state index in [1.165, 1.54) is 0 Å². The fourth-order valence-corrected chi connectivity index (χ4v) is 2.54. The van der Waals surface area contributed by atoms with E-state index in [1.807, 2.05) is 0 Å². The van der Waals surface area contributed by atoms with Crippen molar-refractivity contribution in [3.8, 4) is 0 Å². The third kappa shape index (κ3) is 1.15. The summed E-state index contributed by atoms with van der Waals surface area (Å²) in [6, 6.07) is 1.05. The highest BCUT2D eigenvalue weighted by Gasteiger charge is 2.23. The lowest BCUT2D eigenvalue weighted by atomic mass is 10.0. The zero-order valence-corrected chi connectivity index (χ0v) is 10.2. The molecule has 1 aromatic carbocycles. The quantitative estimate of drug-likeness (QED) is 0.547. The number of hydrogen-bond acceptors (Lipinski definition) is 6. The summed E-state index contributed by atoms with van der Waals surface area (Å²) in [5, 5.41) is 18.2. The van der Waals surface area contributed by atoms with Gasteiger partial charge in [0.15, 0.2) is 0 Å². The average Bonchev–Trinajstić information content (AvgIpc) is 2.79. The second-order valence-corrected chi connectivity index (χ2v) is 4.40. The Labute approximate surface area is 109 Å². The molecule has 0 aliphatic heterocycles. The standard InChI is InChI=1S/C12H8N2O6/c1-2-4-7-5(9(15)13(19)11(7)17)3-6-8(4)12(18)14(20)10(6)16/h3,19-20H,2H2,1H3. The summed E-state index contributed by atoms with van der Waals surface area (Å²) in [5.74, 6) is 0. The lowest BCUT2D eigenvalue weighted by molar-refractivity contribution is 0.171. The Morgan fingerprint density at radius 2 is 1.25 bits per heavy atom. The van der Waals surface area contributed by atoms with E-state index >= 15 is 0 Å². The summed E-state index contributed by atoms with van der Waals surface area (Å²) in [6.45, 7) is 1.63. The first-order valence-electron chi connectivity index (χ1n) is 5.75. The first kappa shape index (κ1) is 12.2. The maximum atomic E-state index is 11.8. The van der Waals surface area contributed by atoms with Crippen molar-refractivity contribution >= 4 is 21.5 Å². The van der Waals surface area contributed by atoms with E-state index in [0.29, 0.717) is 0 Å². The maximum Gasteiger partial charge on any atom is 0.294 e. The number of aromatic nitrogens is 2. The van der Waals surface area contributed by atoms with Gasteiger partial charge in [0.1, 0.15) is 0 Å². The second-order valence-electron chi connectivity index (χ2n) is 4.40. The molecule has 2 heterocycles. The summed E-state index contributed by atoms with van der Waals surface area (Å²) < 4.78 is -0.102. The molecule has 0 saturated heterocycles. The van der Waals surface area contributed by atoms with Crippen LogP contribution in [0.15, 0.2) is 25.2 Å². The second kappa shape index (κ2) is 3.56.